The average Bonchev–Trinajstić information content (AvgIpc) is 3.40. The molecule has 1 radical (unpaired) electrons. The molecule has 0 spiro atoms. The Hall–Kier alpha value is -4.44. The van der Waals surface area contributed by atoms with Crippen molar-refractivity contribution in [2.45, 2.75) is 34.1 Å². The number of furan rings is 1. The van der Waals surface area contributed by atoms with Gasteiger partial charge in [-0.05, 0) is 63.8 Å². The normalized spacial score (nSPS) is 11.1. The number of fused-ring (bicyclic) bond motifs is 3. The van der Waals surface area contributed by atoms with E-state index in [1.807, 2.05) is 73.9 Å². The Kier molecular flexibility index (Phi) is 9.49. The van der Waals surface area contributed by atoms with E-state index in [4.69, 9.17) is 4.42 Å². The van der Waals surface area contributed by atoms with E-state index >= 15 is 0 Å². The Morgan fingerprint density at radius 3 is 2.23 bits per heavy atom. The molecule has 0 atom stereocenters. The smallest absolute Gasteiger partial charge is 0.135 e. The van der Waals surface area contributed by atoms with Gasteiger partial charge in [-0.3, -0.25) is 0 Å². The molecule has 0 aliphatic carbocycles. The molecular weight excluding hydrogens is 719 g/mol. The van der Waals surface area contributed by atoms with Crippen molar-refractivity contribution >= 4 is 21.9 Å². The molecule has 4 nitrogen and oxygen atoms in total. The Bertz CT molecular complexity index is 1990. The minimum atomic E-state index is 0. The van der Waals surface area contributed by atoms with Crippen LogP contribution in [0.3, 0.4) is 0 Å². The summed E-state index contributed by atoms with van der Waals surface area (Å²) in [5, 5.41) is 2.12. The van der Waals surface area contributed by atoms with Crippen molar-refractivity contribution in [1.82, 2.24) is 15.0 Å². The van der Waals surface area contributed by atoms with Gasteiger partial charge in [0.15, 0.2) is 0 Å². The van der Waals surface area contributed by atoms with E-state index in [9.17, 15) is 0 Å². The van der Waals surface area contributed by atoms with Gasteiger partial charge in [0, 0.05) is 43.3 Å². The van der Waals surface area contributed by atoms with Gasteiger partial charge < -0.3 is 19.4 Å². The van der Waals surface area contributed by atoms with Gasteiger partial charge in [0.1, 0.15) is 11.2 Å². The topological polar surface area (TPSA) is 51.8 Å². The second kappa shape index (κ2) is 13.5. The van der Waals surface area contributed by atoms with Crippen molar-refractivity contribution in [2.75, 3.05) is 0 Å². The number of aromatic nitrogens is 3. The number of para-hydroxylation sites is 1. The molecule has 3 aromatic carbocycles. The number of rotatable bonds is 4. The van der Waals surface area contributed by atoms with Crippen LogP contribution in [0.2, 0.25) is 0 Å². The SMILES string of the molecule is CC(C)(C)Cc1ccc(-c2ccnc(-c3[c-]cccc3)c2)cc1.Cc1ncc[c-]c1-c1cc2oc3ccccc3c2cn1.[Ir]. The molecule has 5 heteroatoms. The molecule has 44 heavy (non-hydrogen) atoms. The molecular formula is C39H33IrN3O-2. The Balaban J connectivity index is 0.000000172. The molecule has 0 fully saturated rings. The summed E-state index contributed by atoms with van der Waals surface area (Å²) in [5.74, 6) is 0. The fraction of sp³-hybridized carbons (Fsp3) is 0.154. The molecule has 221 valence electrons. The first-order valence-electron chi connectivity index (χ1n) is 14.5. The average molecular weight is 752 g/mol. The molecule has 0 saturated heterocycles. The molecule has 0 aliphatic rings. The third kappa shape index (κ3) is 7.19. The fourth-order valence-corrected chi connectivity index (χ4v) is 5.19. The van der Waals surface area contributed by atoms with Crippen LogP contribution in [0.5, 0.6) is 0 Å². The Morgan fingerprint density at radius 1 is 0.682 bits per heavy atom. The summed E-state index contributed by atoms with van der Waals surface area (Å²) >= 11 is 0. The van der Waals surface area contributed by atoms with E-state index in [2.05, 4.69) is 84.3 Å². The van der Waals surface area contributed by atoms with Gasteiger partial charge in [-0.1, -0.05) is 82.4 Å². The first kappa shape index (κ1) is 31.0. The molecule has 0 N–H and O–H groups in total. The number of aryl methyl sites for hydroxylation is 1. The van der Waals surface area contributed by atoms with Crippen LogP contribution in [-0.2, 0) is 26.5 Å². The number of hydrogen-bond acceptors (Lipinski definition) is 4. The third-order valence-electron chi connectivity index (χ3n) is 7.22. The molecule has 0 amide bonds. The molecule has 7 rings (SSSR count). The minimum Gasteiger partial charge on any atom is -0.457 e. The van der Waals surface area contributed by atoms with Crippen molar-refractivity contribution in [3.05, 3.63) is 139 Å². The van der Waals surface area contributed by atoms with E-state index in [1.54, 1.807) is 12.3 Å². The van der Waals surface area contributed by atoms with E-state index in [0.29, 0.717) is 5.41 Å². The van der Waals surface area contributed by atoms with Crippen LogP contribution in [0, 0.1) is 24.5 Å². The number of benzene rings is 3. The quantitative estimate of drug-likeness (QED) is 0.168. The summed E-state index contributed by atoms with van der Waals surface area (Å²) in [6, 6.07) is 39.2. The van der Waals surface area contributed by atoms with E-state index in [-0.39, 0.29) is 20.1 Å². The van der Waals surface area contributed by atoms with Crippen molar-refractivity contribution in [1.29, 1.82) is 0 Å². The Labute approximate surface area is 272 Å². The van der Waals surface area contributed by atoms with Gasteiger partial charge >= 0.3 is 0 Å². The maximum Gasteiger partial charge on any atom is 0.135 e. The third-order valence-corrected chi connectivity index (χ3v) is 7.22. The van der Waals surface area contributed by atoms with Gasteiger partial charge in [0.25, 0.3) is 0 Å². The number of pyridine rings is 3. The largest absolute Gasteiger partial charge is 0.457 e. The fourth-order valence-electron chi connectivity index (χ4n) is 5.19. The van der Waals surface area contributed by atoms with Crippen molar-refractivity contribution < 1.29 is 24.5 Å². The van der Waals surface area contributed by atoms with Crippen LogP contribution in [-0.4, -0.2) is 15.0 Å². The van der Waals surface area contributed by atoms with Crippen LogP contribution in [0.15, 0.2) is 120 Å². The first-order chi connectivity index (χ1) is 20.8. The second-order valence-corrected chi connectivity index (χ2v) is 11.9. The second-order valence-electron chi connectivity index (χ2n) is 11.9. The van der Waals surface area contributed by atoms with E-state index < -0.39 is 0 Å². The number of hydrogen-bond donors (Lipinski definition) is 0. The maximum atomic E-state index is 5.88. The predicted molar refractivity (Wildman–Crippen MR) is 175 cm³/mol. The van der Waals surface area contributed by atoms with Gasteiger partial charge in [-0.25, -0.2) is 0 Å². The summed E-state index contributed by atoms with van der Waals surface area (Å²) < 4.78 is 5.88. The standard InChI is InChI=1S/C22H22N.C17H11N2O.Ir/c1-22(2,3)16-17-9-11-18(12-10-17)20-13-14-23-21(15-20)19-7-5-4-6-8-19;1-11-12(6-4-8-18-11)15-9-17-14(10-19-15)13-5-2-3-7-16(13)20-17;/h4-7,9-15H,16H2,1-3H3;2-5,7-10H,1H3;/q2*-1;. The van der Waals surface area contributed by atoms with Crippen LogP contribution in [0.4, 0.5) is 0 Å². The Morgan fingerprint density at radius 2 is 1.48 bits per heavy atom. The van der Waals surface area contributed by atoms with Crippen LogP contribution in [0.25, 0.3) is 55.6 Å². The zero-order valence-corrected chi connectivity index (χ0v) is 27.7. The van der Waals surface area contributed by atoms with Gasteiger partial charge in [-0.2, -0.15) is 0 Å². The van der Waals surface area contributed by atoms with Crippen LogP contribution < -0.4 is 0 Å². The zero-order valence-electron chi connectivity index (χ0n) is 25.3. The van der Waals surface area contributed by atoms with Crippen LogP contribution in [0.1, 0.15) is 32.0 Å². The van der Waals surface area contributed by atoms with Crippen LogP contribution >= 0.6 is 0 Å². The molecule has 7 aromatic rings. The molecule has 0 saturated carbocycles. The summed E-state index contributed by atoms with van der Waals surface area (Å²) in [4.78, 5) is 13.3. The monoisotopic (exact) mass is 752 g/mol. The van der Waals surface area contributed by atoms with Gasteiger partial charge in [0.05, 0.1) is 0 Å². The predicted octanol–water partition coefficient (Wildman–Crippen LogP) is 9.95. The van der Waals surface area contributed by atoms with Crippen molar-refractivity contribution in [3.8, 4) is 33.6 Å². The summed E-state index contributed by atoms with van der Waals surface area (Å²) in [7, 11) is 0. The molecule has 4 heterocycles. The molecule has 0 unspecified atom stereocenters. The van der Waals surface area contributed by atoms with Gasteiger partial charge in [0.2, 0.25) is 0 Å². The molecule has 0 aliphatic heterocycles. The summed E-state index contributed by atoms with van der Waals surface area (Å²) in [6.45, 7) is 8.77. The summed E-state index contributed by atoms with van der Waals surface area (Å²) in [6.07, 6.45) is 6.55. The van der Waals surface area contributed by atoms with E-state index in [0.717, 1.165) is 56.6 Å². The molecule has 4 aromatic heterocycles. The zero-order chi connectivity index (χ0) is 29.8. The first-order valence-corrected chi connectivity index (χ1v) is 14.5. The van der Waals surface area contributed by atoms with E-state index in [1.165, 1.54) is 16.7 Å². The minimum absolute atomic E-state index is 0. The summed E-state index contributed by atoms with van der Waals surface area (Å²) in [5.41, 5.74) is 10.5. The maximum absolute atomic E-state index is 5.88. The van der Waals surface area contributed by atoms with Gasteiger partial charge in [-0.15, -0.1) is 53.6 Å². The molecule has 0 bridgehead atoms. The van der Waals surface area contributed by atoms with Crippen molar-refractivity contribution in [3.63, 3.8) is 0 Å². The number of nitrogens with zero attached hydrogens (tertiary/aromatic N) is 3. The van der Waals surface area contributed by atoms with Crippen molar-refractivity contribution in [2.24, 2.45) is 5.41 Å².